The molecule has 0 fully saturated rings. The summed E-state index contributed by atoms with van der Waals surface area (Å²) >= 11 is 0. The molecule has 0 amide bonds. The molecule has 2 aromatic rings. The molecule has 0 N–H and O–H groups in total. The lowest BCUT2D eigenvalue weighted by Crippen LogP contribution is -2.02. The van der Waals surface area contributed by atoms with Gasteiger partial charge in [-0.15, -0.1) is 6.58 Å². The molecule has 0 radical (unpaired) electrons. The Morgan fingerprint density at radius 3 is 2.94 bits per heavy atom. The summed E-state index contributed by atoms with van der Waals surface area (Å²) in [5.41, 5.74) is 2.54. The van der Waals surface area contributed by atoms with Gasteiger partial charge < -0.3 is 0 Å². The van der Waals surface area contributed by atoms with E-state index in [1.54, 1.807) is 6.08 Å². The first-order valence-electron chi connectivity index (χ1n) is 5.73. The third-order valence-corrected chi connectivity index (χ3v) is 2.78. The van der Waals surface area contributed by atoms with E-state index in [2.05, 4.69) is 11.6 Å². The number of allylic oxidation sites excluding steroid dienone is 1. The highest BCUT2D eigenvalue weighted by Gasteiger charge is 2.09. The molecule has 1 aromatic carbocycles. The number of aryl methyl sites for hydroxylation is 1. The Morgan fingerprint density at radius 2 is 2.18 bits per heavy atom. The maximum absolute atomic E-state index is 11.9. The van der Waals surface area contributed by atoms with E-state index >= 15 is 0 Å². The maximum Gasteiger partial charge on any atom is 0.181 e. The van der Waals surface area contributed by atoms with Crippen LogP contribution in [-0.4, -0.2) is 10.8 Å². The molecule has 1 heterocycles. The Labute approximate surface area is 101 Å². The normalized spacial score (nSPS) is 10.4. The largest absolute Gasteiger partial charge is 0.292 e. The molecular weight excluding hydrogens is 210 g/mol. The van der Waals surface area contributed by atoms with E-state index in [0.717, 1.165) is 16.5 Å². The lowest BCUT2D eigenvalue weighted by atomic mass is 10.1. The number of nitrogens with zero attached hydrogens (tertiary/aromatic N) is 1. The molecule has 17 heavy (non-hydrogen) atoms. The zero-order valence-electron chi connectivity index (χ0n) is 9.94. The molecule has 0 bridgehead atoms. The topological polar surface area (TPSA) is 30.0 Å². The van der Waals surface area contributed by atoms with Crippen LogP contribution in [0, 0.1) is 6.92 Å². The number of carbonyl (C=O) groups is 1. The summed E-state index contributed by atoms with van der Waals surface area (Å²) in [4.78, 5) is 16.3. The number of rotatable bonds is 4. The summed E-state index contributed by atoms with van der Waals surface area (Å²) in [6.07, 6.45) is 2.94. The van der Waals surface area contributed by atoms with Gasteiger partial charge in [0.15, 0.2) is 5.78 Å². The Kier molecular flexibility index (Phi) is 3.33. The monoisotopic (exact) mass is 225 g/mol. The first kappa shape index (κ1) is 11.5. The molecule has 1 aromatic heterocycles. The molecule has 0 saturated heterocycles. The van der Waals surface area contributed by atoms with Gasteiger partial charge in [-0.1, -0.05) is 24.3 Å². The Hall–Kier alpha value is -1.96. The van der Waals surface area contributed by atoms with Crippen LogP contribution in [0.4, 0.5) is 0 Å². The highest BCUT2D eigenvalue weighted by Crippen LogP contribution is 2.18. The molecule has 86 valence electrons. The molecule has 2 nitrogen and oxygen atoms in total. The van der Waals surface area contributed by atoms with Crippen molar-refractivity contribution in [2.45, 2.75) is 19.8 Å². The number of hydrogen-bond acceptors (Lipinski definition) is 2. The van der Waals surface area contributed by atoms with E-state index in [4.69, 9.17) is 0 Å². The maximum atomic E-state index is 11.9. The summed E-state index contributed by atoms with van der Waals surface area (Å²) < 4.78 is 0. The molecule has 0 saturated carbocycles. The van der Waals surface area contributed by atoms with E-state index in [9.17, 15) is 4.79 Å². The van der Waals surface area contributed by atoms with Crippen molar-refractivity contribution < 1.29 is 4.79 Å². The number of fused-ring (bicyclic) bond motifs is 1. The van der Waals surface area contributed by atoms with Crippen molar-refractivity contribution >= 4 is 16.7 Å². The van der Waals surface area contributed by atoms with Gasteiger partial charge in [-0.3, -0.25) is 4.79 Å². The van der Waals surface area contributed by atoms with Crippen LogP contribution in [0.2, 0.25) is 0 Å². The third kappa shape index (κ3) is 2.41. The summed E-state index contributed by atoms with van der Waals surface area (Å²) in [5.74, 6) is 0.0822. The summed E-state index contributed by atoms with van der Waals surface area (Å²) in [6, 6.07) is 9.75. The van der Waals surface area contributed by atoms with Crippen molar-refractivity contribution in [1.82, 2.24) is 4.98 Å². The van der Waals surface area contributed by atoms with Crippen molar-refractivity contribution in [3.05, 3.63) is 54.2 Å². The number of carbonyl (C=O) groups excluding carboxylic acids is 1. The van der Waals surface area contributed by atoms with E-state index in [-0.39, 0.29) is 5.78 Å². The predicted molar refractivity (Wildman–Crippen MR) is 70.2 cm³/mol. The standard InChI is InChI=1S/C15H15NO/c1-3-4-9-15(17)14-10-11(2)12-7-5-6-8-13(12)16-14/h3,5-8,10H,1,4,9H2,2H3. The van der Waals surface area contributed by atoms with Crippen LogP contribution in [0.3, 0.4) is 0 Å². The van der Waals surface area contributed by atoms with Gasteiger partial charge in [0, 0.05) is 11.8 Å². The van der Waals surface area contributed by atoms with Gasteiger partial charge >= 0.3 is 0 Å². The Bertz CT molecular complexity index is 572. The van der Waals surface area contributed by atoms with Crippen molar-refractivity contribution in [1.29, 1.82) is 0 Å². The third-order valence-electron chi connectivity index (χ3n) is 2.78. The van der Waals surface area contributed by atoms with Crippen molar-refractivity contribution in [2.24, 2.45) is 0 Å². The number of para-hydroxylation sites is 1. The van der Waals surface area contributed by atoms with E-state index in [0.29, 0.717) is 18.5 Å². The second-order valence-corrected chi connectivity index (χ2v) is 4.09. The number of benzene rings is 1. The molecule has 0 aliphatic rings. The first-order valence-corrected chi connectivity index (χ1v) is 5.73. The van der Waals surface area contributed by atoms with Crippen LogP contribution in [0.1, 0.15) is 28.9 Å². The second kappa shape index (κ2) is 4.91. The fourth-order valence-electron chi connectivity index (χ4n) is 1.85. The number of hydrogen-bond donors (Lipinski definition) is 0. The number of ketones is 1. The summed E-state index contributed by atoms with van der Waals surface area (Å²) in [6.45, 7) is 5.63. The van der Waals surface area contributed by atoms with Crippen LogP contribution < -0.4 is 0 Å². The van der Waals surface area contributed by atoms with Crippen molar-refractivity contribution in [2.75, 3.05) is 0 Å². The highest BCUT2D eigenvalue weighted by atomic mass is 16.1. The van der Waals surface area contributed by atoms with Crippen LogP contribution in [-0.2, 0) is 0 Å². The van der Waals surface area contributed by atoms with Crippen molar-refractivity contribution in [3.63, 3.8) is 0 Å². The molecule has 2 rings (SSSR count). The quantitative estimate of drug-likeness (QED) is 0.586. The lowest BCUT2D eigenvalue weighted by molar-refractivity contribution is 0.0979. The minimum atomic E-state index is 0.0822. The summed E-state index contributed by atoms with van der Waals surface area (Å²) in [5, 5.41) is 1.10. The Morgan fingerprint density at radius 1 is 1.41 bits per heavy atom. The van der Waals surface area contributed by atoms with Gasteiger partial charge in [-0.2, -0.15) is 0 Å². The second-order valence-electron chi connectivity index (χ2n) is 4.09. The van der Waals surface area contributed by atoms with Gasteiger partial charge in [0.05, 0.1) is 5.52 Å². The fourth-order valence-corrected chi connectivity index (χ4v) is 1.85. The number of pyridine rings is 1. The highest BCUT2D eigenvalue weighted by molar-refractivity contribution is 5.97. The van der Waals surface area contributed by atoms with Crippen molar-refractivity contribution in [3.8, 4) is 0 Å². The van der Waals surface area contributed by atoms with Gasteiger partial charge in [0.1, 0.15) is 5.69 Å². The molecular formula is C15H15NO. The predicted octanol–water partition coefficient (Wildman–Crippen LogP) is 3.69. The molecule has 0 aliphatic heterocycles. The van der Waals surface area contributed by atoms with E-state index < -0.39 is 0 Å². The fraction of sp³-hybridized carbons (Fsp3) is 0.200. The smallest absolute Gasteiger partial charge is 0.181 e. The average Bonchev–Trinajstić information content (AvgIpc) is 2.36. The minimum absolute atomic E-state index is 0.0822. The first-order chi connectivity index (χ1) is 8.22. The van der Waals surface area contributed by atoms with Gasteiger partial charge in [-0.25, -0.2) is 4.98 Å². The zero-order valence-corrected chi connectivity index (χ0v) is 9.94. The molecule has 0 atom stereocenters. The summed E-state index contributed by atoms with van der Waals surface area (Å²) in [7, 11) is 0. The Balaban J connectivity index is 2.42. The molecule has 0 aliphatic carbocycles. The van der Waals surface area contributed by atoms with Crippen LogP contribution in [0.5, 0.6) is 0 Å². The minimum Gasteiger partial charge on any atom is -0.292 e. The van der Waals surface area contributed by atoms with Crippen LogP contribution in [0.15, 0.2) is 43.0 Å². The SMILES string of the molecule is C=CCCC(=O)c1cc(C)c2ccccc2n1. The molecule has 0 unspecified atom stereocenters. The molecule has 0 spiro atoms. The van der Waals surface area contributed by atoms with E-state index in [1.807, 2.05) is 37.3 Å². The number of aromatic nitrogens is 1. The van der Waals surface area contributed by atoms with Crippen LogP contribution in [0.25, 0.3) is 10.9 Å². The van der Waals surface area contributed by atoms with Crippen LogP contribution >= 0.6 is 0 Å². The average molecular weight is 225 g/mol. The van der Waals surface area contributed by atoms with Gasteiger partial charge in [0.2, 0.25) is 0 Å². The zero-order chi connectivity index (χ0) is 12.3. The van der Waals surface area contributed by atoms with Gasteiger partial charge in [0.25, 0.3) is 0 Å². The van der Waals surface area contributed by atoms with Gasteiger partial charge in [-0.05, 0) is 31.0 Å². The van der Waals surface area contributed by atoms with E-state index in [1.165, 1.54) is 0 Å². The molecule has 2 heteroatoms. The lowest BCUT2D eigenvalue weighted by Gasteiger charge is -2.05. The number of Topliss-reactive ketones (excluding diaryl/α,β-unsaturated/α-hetero) is 1.